The van der Waals surface area contributed by atoms with Crippen LogP contribution < -0.4 is 15.8 Å². The Balaban J connectivity index is 2.53. The molecule has 0 bridgehead atoms. The lowest BCUT2D eigenvalue weighted by atomic mass is 10.2. The summed E-state index contributed by atoms with van der Waals surface area (Å²) < 4.78 is 15.1. The van der Waals surface area contributed by atoms with Crippen molar-refractivity contribution in [1.82, 2.24) is 0 Å². The van der Waals surface area contributed by atoms with Crippen LogP contribution in [0.25, 0.3) is 0 Å². The fraction of sp³-hybridized carbons (Fsp3) is 0.462. The van der Waals surface area contributed by atoms with Crippen molar-refractivity contribution in [3.63, 3.8) is 0 Å². The van der Waals surface area contributed by atoms with Gasteiger partial charge in [-0.05, 0) is 17.7 Å². The molecule has 3 N–H and O–H groups in total. The number of hydrogen-bond acceptors (Lipinski definition) is 5. The number of benzene rings is 1. The van der Waals surface area contributed by atoms with Gasteiger partial charge in [-0.2, -0.15) is 0 Å². The van der Waals surface area contributed by atoms with E-state index < -0.39 is 0 Å². The van der Waals surface area contributed by atoms with E-state index in [1.807, 2.05) is 6.07 Å². The number of amides is 1. The molecule has 0 spiro atoms. The summed E-state index contributed by atoms with van der Waals surface area (Å²) in [7, 11) is 3.12. The van der Waals surface area contributed by atoms with E-state index in [-0.39, 0.29) is 12.5 Å². The molecule has 0 aliphatic heterocycles. The van der Waals surface area contributed by atoms with E-state index >= 15 is 0 Å². The first kappa shape index (κ1) is 15.4. The van der Waals surface area contributed by atoms with Gasteiger partial charge < -0.3 is 25.3 Å². The molecule has 0 heterocycles. The predicted octanol–water partition coefficient (Wildman–Crippen LogP) is 0.755. The molecule has 1 aromatic rings. The molecule has 1 rings (SSSR count). The normalized spacial score (nSPS) is 10.3. The smallest absolute Gasteiger partial charge is 0.250 e. The molecule has 0 saturated carbocycles. The zero-order valence-corrected chi connectivity index (χ0v) is 11.3. The largest absolute Gasteiger partial charge is 0.495 e. The van der Waals surface area contributed by atoms with Gasteiger partial charge in [-0.15, -0.1) is 0 Å². The van der Waals surface area contributed by atoms with Crippen molar-refractivity contribution in [2.45, 2.75) is 6.54 Å². The fourth-order valence-corrected chi connectivity index (χ4v) is 1.46. The molecule has 106 valence electrons. The Morgan fingerprint density at radius 1 is 1.32 bits per heavy atom. The van der Waals surface area contributed by atoms with Crippen LogP contribution in [-0.4, -0.2) is 39.9 Å². The maximum absolute atomic E-state index is 11.6. The van der Waals surface area contributed by atoms with Crippen LogP contribution in [0.3, 0.4) is 0 Å². The monoisotopic (exact) mass is 268 g/mol. The molecule has 6 nitrogen and oxygen atoms in total. The summed E-state index contributed by atoms with van der Waals surface area (Å²) in [6.07, 6.45) is 0. The number of nitrogens with one attached hydrogen (secondary N) is 1. The Bertz CT molecular complexity index is 410. The zero-order valence-electron chi connectivity index (χ0n) is 11.3. The van der Waals surface area contributed by atoms with Crippen molar-refractivity contribution < 1.29 is 19.0 Å². The van der Waals surface area contributed by atoms with E-state index in [2.05, 4.69) is 5.32 Å². The summed E-state index contributed by atoms with van der Waals surface area (Å²) in [5.41, 5.74) is 7.08. The number of nitrogens with two attached hydrogens (primary N) is 1. The summed E-state index contributed by atoms with van der Waals surface area (Å²) in [4.78, 5) is 11.6. The van der Waals surface area contributed by atoms with E-state index in [4.69, 9.17) is 19.9 Å². The van der Waals surface area contributed by atoms with Crippen LogP contribution in [0.5, 0.6) is 5.75 Å². The molecule has 0 radical (unpaired) electrons. The second kappa shape index (κ2) is 8.47. The van der Waals surface area contributed by atoms with Crippen molar-refractivity contribution in [2.75, 3.05) is 39.4 Å². The standard InChI is InChI=1S/C13H20N2O4/c1-17-5-6-19-9-13(16)15-11-4-3-10(8-14)7-12(11)18-2/h3-4,7H,5-6,8-9,14H2,1-2H3,(H,15,16). The first-order chi connectivity index (χ1) is 9.21. The Kier molecular flexibility index (Phi) is 6.88. The highest BCUT2D eigenvalue weighted by Gasteiger charge is 2.08. The molecule has 1 aromatic carbocycles. The maximum Gasteiger partial charge on any atom is 0.250 e. The summed E-state index contributed by atoms with van der Waals surface area (Å²) in [5.74, 6) is 0.336. The third-order valence-corrected chi connectivity index (χ3v) is 2.44. The van der Waals surface area contributed by atoms with Gasteiger partial charge in [0.05, 0.1) is 26.0 Å². The first-order valence-corrected chi connectivity index (χ1v) is 5.94. The molecular weight excluding hydrogens is 248 g/mol. The van der Waals surface area contributed by atoms with E-state index in [1.165, 1.54) is 0 Å². The van der Waals surface area contributed by atoms with Crippen LogP contribution in [0, 0.1) is 0 Å². The van der Waals surface area contributed by atoms with Crippen LogP contribution in [-0.2, 0) is 20.8 Å². The third kappa shape index (κ3) is 5.25. The lowest BCUT2D eigenvalue weighted by Crippen LogP contribution is -2.20. The molecule has 0 atom stereocenters. The number of rotatable bonds is 8. The van der Waals surface area contributed by atoms with E-state index in [9.17, 15) is 4.79 Å². The Labute approximate surface area is 112 Å². The minimum atomic E-state index is -0.241. The van der Waals surface area contributed by atoms with Crippen LogP contribution in [0.2, 0.25) is 0 Å². The SMILES string of the molecule is COCCOCC(=O)Nc1ccc(CN)cc1OC. The molecule has 0 aliphatic carbocycles. The number of anilines is 1. The topological polar surface area (TPSA) is 82.8 Å². The molecule has 1 amide bonds. The summed E-state index contributed by atoms with van der Waals surface area (Å²) in [5, 5.41) is 2.72. The van der Waals surface area contributed by atoms with Gasteiger partial charge >= 0.3 is 0 Å². The van der Waals surface area contributed by atoms with Gasteiger partial charge in [-0.1, -0.05) is 6.07 Å². The van der Waals surface area contributed by atoms with Gasteiger partial charge in [0.15, 0.2) is 0 Å². The number of methoxy groups -OCH3 is 2. The summed E-state index contributed by atoms with van der Waals surface area (Å²) >= 11 is 0. The number of ether oxygens (including phenoxy) is 3. The predicted molar refractivity (Wildman–Crippen MR) is 72.2 cm³/mol. The third-order valence-electron chi connectivity index (χ3n) is 2.44. The zero-order chi connectivity index (χ0) is 14.1. The van der Waals surface area contributed by atoms with Crippen molar-refractivity contribution in [2.24, 2.45) is 5.73 Å². The summed E-state index contributed by atoms with van der Waals surface area (Å²) in [6.45, 7) is 1.24. The molecule has 0 saturated heterocycles. The Morgan fingerprint density at radius 2 is 2.11 bits per heavy atom. The van der Waals surface area contributed by atoms with Crippen molar-refractivity contribution in [3.8, 4) is 5.75 Å². The van der Waals surface area contributed by atoms with E-state index in [0.29, 0.717) is 31.2 Å². The Morgan fingerprint density at radius 3 is 2.74 bits per heavy atom. The molecule has 0 aromatic heterocycles. The second-order valence-corrected chi connectivity index (χ2v) is 3.83. The molecule has 0 unspecified atom stereocenters. The van der Waals surface area contributed by atoms with Gasteiger partial charge in [0.25, 0.3) is 0 Å². The lowest BCUT2D eigenvalue weighted by Gasteiger charge is -2.11. The minimum absolute atomic E-state index is 0.0227. The van der Waals surface area contributed by atoms with Crippen molar-refractivity contribution >= 4 is 11.6 Å². The average molecular weight is 268 g/mol. The van der Waals surface area contributed by atoms with E-state index in [0.717, 1.165) is 5.56 Å². The number of carbonyl (C=O) groups excluding carboxylic acids is 1. The number of hydrogen-bond donors (Lipinski definition) is 2. The second-order valence-electron chi connectivity index (χ2n) is 3.83. The van der Waals surface area contributed by atoms with Crippen molar-refractivity contribution in [3.05, 3.63) is 23.8 Å². The van der Waals surface area contributed by atoms with Crippen molar-refractivity contribution in [1.29, 1.82) is 0 Å². The van der Waals surface area contributed by atoms with Gasteiger partial charge in [0, 0.05) is 13.7 Å². The average Bonchev–Trinajstić information content (AvgIpc) is 2.44. The highest BCUT2D eigenvalue weighted by molar-refractivity contribution is 5.93. The molecule has 19 heavy (non-hydrogen) atoms. The highest BCUT2D eigenvalue weighted by atomic mass is 16.5. The van der Waals surface area contributed by atoms with Crippen LogP contribution in [0.1, 0.15) is 5.56 Å². The van der Waals surface area contributed by atoms with E-state index in [1.54, 1.807) is 26.4 Å². The Hall–Kier alpha value is -1.63. The van der Waals surface area contributed by atoms with Gasteiger partial charge in [0.1, 0.15) is 12.4 Å². The molecule has 0 fully saturated rings. The van der Waals surface area contributed by atoms with Gasteiger partial charge in [-0.3, -0.25) is 4.79 Å². The van der Waals surface area contributed by atoms with Crippen LogP contribution in [0.15, 0.2) is 18.2 Å². The molecular formula is C13H20N2O4. The number of carbonyl (C=O) groups is 1. The van der Waals surface area contributed by atoms with Gasteiger partial charge in [0.2, 0.25) is 5.91 Å². The first-order valence-electron chi connectivity index (χ1n) is 5.94. The molecule has 6 heteroatoms. The fourth-order valence-electron chi connectivity index (χ4n) is 1.46. The quantitative estimate of drug-likeness (QED) is 0.680. The van der Waals surface area contributed by atoms with Crippen LogP contribution in [0.4, 0.5) is 5.69 Å². The molecule has 0 aliphatic rings. The minimum Gasteiger partial charge on any atom is -0.495 e. The lowest BCUT2D eigenvalue weighted by molar-refractivity contribution is -0.121. The summed E-state index contributed by atoms with van der Waals surface area (Å²) in [6, 6.07) is 5.39. The van der Waals surface area contributed by atoms with Crippen LogP contribution >= 0.6 is 0 Å². The highest BCUT2D eigenvalue weighted by Crippen LogP contribution is 2.25. The maximum atomic E-state index is 11.6. The van der Waals surface area contributed by atoms with Gasteiger partial charge in [-0.25, -0.2) is 0 Å².